The number of benzene rings is 2. The number of anilines is 1. The maximum atomic E-state index is 12.4. The van der Waals surface area contributed by atoms with Gasteiger partial charge in [0, 0.05) is 6.54 Å². The minimum atomic E-state index is -1.58. The largest absolute Gasteiger partial charge is 0.466 e. The maximum Gasteiger partial charge on any atom is 0.278 e. The van der Waals surface area contributed by atoms with Gasteiger partial charge in [0.05, 0.1) is 5.69 Å². The Hall–Kier alpha value is -2.82. The number of ether oxygens (including phenoxy) is 1. The van der Waals surface area contributed by atoms with Gasteiger partial charge < -0.3 is 15.4 Å². The molecule has 5 heteroatoms. The molecule has 2 N–H and O–H groups in total. The summed E-state index contributed by atoms with van der Waals surface area (Å²) in [5, 5.41) is 5.45. The third-order valence-electron chi connectivity index (χ3n) is 3.61. The van der Waals surface area contributed by atoms with Gasteiger partial charge in [-0.2, -0.15) is 0 Å². The van der Waals surface area contributed by atoms with E-state index in [1.807, 2.05) is 30.3 Å². The fraction of sp³-hybridized carbons (Fsp3) is 0.176. The summed E-state index contributed by atoms with van der Waals surface area (Å²) in [6.45, 7) is 1.81. The number of carbonyl (C=O) groups is 2. The number of carbonyl (C=O) groups excluding carboxylic acids is 2. The normalized spacial score (nSPS) is 19.6. The first-order valence-electron chi connectivity index (χ1n) is 7.01. The van der Waals surface area contributed by atoms with Crippen molar-refractivity contribution in [2.24, 2.45) is 0 Å². The van der Waals surface area contributed by atoms with Gasteiger partial charge in [0.25, 0.3) is 17.4 Å². The van der Waals surface area contributed by atoms with Gasteiger partial charge in [-0.3, -0.25) is 9.59 Å². The molecule has 22 heavy (non-hydrogen) atoms. The quantitative estimate of drug-likeness (QED) is 0.852. The van der Waals surface area contributed by atoms with Gasteiger partial charge in [0.15, 0.2) is 0 Å². The summed E-state index contributed by atoms with van der Waals surface area (Å²) >= 11 is 0. The van der Waals surface area contributed by atoms with Crippen LogP contribution in [0.4, 0.5) is 5.69 Å². The van der Waals surface area contributed by atoms with Crippen LogP contribution in [0.15, 0.2) is 54.6 Å². The average molecular weight is 296 g/mol. The van der Waals surface area contributed by atoms with Gasteiger partial charge in [-0.1, -0.05) is 42.5 Å². The lowest BCUT2D eigenvalue weighted by molar-refractivity contribution is -0.146. The fourth-order valence-electron chi connectivity index (χ4n) is 2.26. The van der Waals surface area contributed by atoms with E-state index < -0.39 is 17.4 Å². The van der Waals surface area contributed by atoms with Crippen LogP contribution in [0.2, 0.25) is 0 Å². The predicted molar refractivity (Wildman–Crippen MR) is 82.4 cm³/mol. The molecule has 0 bridgehead atoms. The molecule has 5 nitrogen and oxygen atoms in total. The monoisotopic (exact) mass is 296 g/mol. The standard InChI is InChI=1S/C17H16N2O3/c1-17(15(20)18-11-12-7-3-2-4-8-12)16(21)19-13-9-5-6-10-14(13)22-17/h2-10H,11H2,1H3,(H,18,20)(H,19,21)/t17-/m0/s1. The molecule has 2 aromatic carbocycles. The molecule has 112 valence electrons. The van der Waals surface area contributed by atoms with Crippen molar-refractivity contribution in [1.82, 2.24) is 5.32 Å². The van der Waals surface area contributed by atoms with E-state index in [1.165, 1.54) is 6.92 Å². The highest BCUT2D eigenvalue weighted by molar-refractivity contribution is 6.15. The number of hydrogen-bond acceptors (Lipinski definition) is 3. The zero-order valence-electron chi connectivity index (χ0n) is 12.1. The summed E-state index contributed by atoms with van der Waals surface area (Å²) in [5.41, 5.74) is -0.0553. The molecule has 0 fully saturated rings. The van der Waals surface area contributed by atoms with E-state index >= 15 is 0 Å². The smallest absolute Gasteiger partial charge is 0.278 e. The Labute approximate surface area is 128 Å². The third kappa shape index (κ3) is 2.53. The second kappa shape index (κ2) is 5.52. The number of para-hydroxylation sites is 2. The molecule has 0 aromatic heterocycles. The topological polar surface area (TPSA) is 67.4 Å². The van der Waals surface area contributed by atoms with Crippen LogP contribution in [0.5, 0.6) is 5.75 Å². The van der Waals surface area contributed by atoms with Crippen molar-refractivity contribution in [3.8, 4) is 5.75 Å². The molecular formula is C17H16N2O3. The Morgan fingerprint density at radius 2 is 1.82 bits per heavy atom. The molecule has 0 saturated carbocycles. The summed E-state index contributed by atoms with van der Waals surface area (Å²) in [7, 11) is 0. The third-order valence-corrected chi connectivity index (χ3v) is 3.61. The number of fused-ring (bicyclic) bond motifs is 1. The van der Waals surface area contributed by atoms with Gasteiger partial charge in [-0.25, -0.2) is 0 Å². The van der Waals surface area contributed by atoms with Gasteiger partial charge >= 0.3 is 0 Å². The van der Waals surface area contributed by atoms with Gasteiger partial charge in [-0.05, 0) is 24.6 Å². The zero-order chi connectivity index (χ0) is 15.6. The van der Waals surface area contributed by atoms with E-state index in [1.54, 1.807) is 24.3 Å². The fourth-order valence-corrected chi connectivity index (χ4v) is 2.26. The van der Waals surface area contributed by atoms with Gasteiger partial charge in [0.2, 0.25) is 0 Å². The summed E-state index contributed by atoms with van der Waals surface area (Å²) in [6.07, 6.45) is 0. The van der Waals surface area contributed by atoms with Crippen LogP contribution in [-0.4, -0.2) is 17.4 Å². The minimum Gasteiger partial charge on any atom is -0.466 e. The molecule has 2 aromatic rings. The highest BCUT2D eigenvalue weighted by atomic mass is 16.5. The lowest BCUT2D eigenvalue weighted by Crippen LogP contribution is -2.58. The number of hydrogen-bond donors (Lipinski definition) is 2. The molecule has 1 aliphatic rings. The molecular weight excluding hydrogens is 280 g/mol. The average Bonchev–Trinajstić information content (AvgIpc) is 2.54. The minimum absolute atomic E-state index is 0.341. The van der Waals surface area contributed by atoms with Crippen LogP contribution in [0.25, 0.3) is 0 Å². The van der Waals surface area contributed by atoms with E-state index in [-0.39, 0.29) is 0 Å². The van der Waals surface area contributed by atoms with E-state index in [0.29, 0.717) is 18.0 Å². The van der Waals surface area contributed by atoms with Crippen molar-refractivity contribution in [3.05, 3.63) is 60.2 Å². The Balaban J connectivity index is 1.75. The summed E-state index contributed by atoms with van der Waals surface area (Å²) < 4.78 is 5.66. The Bertz CT molecular complexity index is 715. The lowest BCUT2D eigenvalue weighted by atomic mass is 10.0. The highest BCUT2D eigenvalue weighted by Gasteiger charge is 2.47. The maximum absolute atomic E-state index is 12.4. The van der Waals surface area contributed by atoms with Crippen molar-refractivity contribution in [2.45, 2.75) is 19.1 Å². The van der Waals surface area contributed by atoms with Crippen molar-refractivity contribution < 1.29 is 14.3 Å². The molecule has 2 amide bonds. The van der Waals surface area contributed by atoms with E-state index in [4.69, 9.17) is 4.74 Å². The lowest BCUT2D eigenvalue weighted by Gasteiger charge is -2.33. The summed E-state index contributed by atoms with van der Waals surface area (Å²) in [4.78, 5) is 24.7. The van der Waals surface area contributed by atoms with Crippen LogP contribution in [-0.2, 0) is 16.1 Å². The summed E-state index contributed by atoms with van der Waals surface area (Å²) in [5.74, 6) is -0.459. The van der Waals surface area contributed by atoms with Crippen molar-refractivity contribution in [3.63, 3.8) is 0 Å². The first-order valence-corrected chi connectivity index (χ1v) is 7.01. The number of nitrogens with one attached hydrogen (secondary N) is 2. The molecule has 1 atom stereocenters. The van der Waals surface area contributed by atoms with Crippen molar-refractivity contribution in [2.75, 3.05) is 5.32 Å². The van der Waals surface area contributed by atoms with Gasteiger partial charge in [-0.15, -0.1) is 0 Å². The molecule has 0 aliphatic carbocycles. The van der Waals surface area contributed by atoms with E-state index in [9.17, 15) is 9.59 Å². The number of amides is 2. The van der Waals surface area contributed by atoms with Crippen LogP contribution < -0.4 is 15.4 Å². The Kier molecular flexibility index (Phi) is 3.55. The highest BCUT2D eigenvalue weighted by Crippen LogP contribution is 2.33. The van der Waals surface area contributed by atoms with Gasteiger partial charge in [0.1, 0.15) is 5.75 Å². The number of rotatable bonds is 3. The molecule has 1 heterocycles. The predicted octanol–water partition coefficient (Wildman–Crippen LogP) is 2.09. The molecule has 1 aliphatic heterocycles. The molecule has 0 radical (unpaired) electrons. The van der Waals surface area contributed by atoms with Crippen molar-refractivity contribution in [1.29, 1.82) is 0 Å². The van der Waals surface area contributed by atoms with Crippen molar-refractivity contribution >= 4 is 17.5 Å². The molecule has 0 saturated heterocycles. The Morgan fingerprint density at radius 3 is 2.59 bits per heavy atom. The first kappa shape index (κ1) is 14.1. The summed E-state index contributed by atoms with van der Waals surface area (Å²) in [6, 6.07) is 16.5. The van der Waals surface area contributed by atoms with E-state index in [0.717, 1.165) is 5.56 Å². The van der Waals surface area contributed by atoms with Crippen LogP contribution in [0.1, 0.15) is 12.5 Å². The molecule has 0 spiro atoms. The van der Waals surface area contributed by atoms with Crippen LogP contribution in [0, 0.1) is 0 Å². The second-order valence-electron chi connectivity index (χ2n) is 5.25. The molecule has 3 rings (SSSR count). The van der Waals surface area contributed by atoms with Crippen LogP contribution >= 0.6 is 0 Å². The zero-order valence-corrected chi connectivity index (χ0v) is 12.1. The Morgan fingerprint density at radius 1 is 1.14 bits per heavy atom. The first-order chi connectivity index (χ1) is 10.6. The molecule has 0 unspecified atom stereocenters. The SMILES string of the molecule is C[C@@]1(C(=O)NCc2ccccc2)Oc2ccccc2NC1=O. The second-order valence-corrected chi connectivity index (χ2v) is 5.25. The van der Waals surface area contributed by atoms with Crippen LogP contribution in [0.3, 0.4) is 0 Å². The van der Waals surface area contributed by atoms with E-state index in [2.05, 4.69) is 10.6 Å².